The standard InChI is InChI=1S/C12H19NO/c1-5-12(2,14)10-7-6-8-11(9-10)13(3)4/h6-9,14H,5H2,1-4H3. The minimum Gasteiger partial charge on any atom is -0.385 e. The summed E-state index contributed by atoms with van der Waals surface area (Å²) in [6.45, 7) is 3.84. The van der Waals surface area contributed by atoms with Gasteiger partial charge in [0.15, 0.2) is 0 Å². The van der Waals surface area contributed by atoms with Gasteiger partial charge >= 0.3 is 0 Å². The zero-order valence-electron chi connectivity index (χ0n) is 9.41. The highest BCUT2D eigenvalue weighted by Crippen LogP contribution is 2.26. The number of benzene rings is 1. The Morgan fingerprint density at radius 2 is 2.00 bits per heavy atom. The van der Waals surface area contributed by atoms with Gasteiger partial charge in [0.1, 0.15) is 0 Å². The molecule has 0 amide bonds. The molecule has 0 radical (unpaired) electrons. The molecule has 0 heterocycles. The first-order valence-corrected chi connectivity index (χ1v) is 4.97. The predicted molar refractivity (Wildman–Crippen MR) is 60.6 cm³/mol. The third-order valence-corrected chi connectivity index (χ3v) is 2.67. The third-order valence-electron chi connectivity index (χ3n) is 2.67. The molecule has 0 aliphatic carbocycles. The van der Waals surface area contributed by atoms with Gasteiger partial charge in [-0.3, -0.25) is 0 Å². The van der Waals surface area contributed by atoms with Crippen LogP contribution in [0.3, 0.4) is 0 Å². The molecule has 0 aliphatic heterocycles. The monoisotopic (exact) mass is 193 g/mol. The molecule has 2 nitrogen and oxygen atoms in total. The molecule has 1 rings (SSSR count). The van der Waals surface area contributed by atoms with Gasteiger partial charge in [-0.2, -0.15) is 0 Å². The van der Waals surface area contributed by atoms with E-state index < -0.39 is 5.60 Å². The first kappa shape index (κ1) is 11.1. The first-order chi connectivity index (χ1) is 6.47. The Hall–Kier alpha value is -1.02. The van der Waals surface area contributed by atoms with E-state index in [1.165, 1.54) is 0 Å². The average molecular weight is 193 g/mol. The summed E-state index contributed by atoms with van der Waals surface area (Å²) < 4.78 is 0. The van der Waals surface area contributed by atoms with Crippen molar-refractivity contribution in [1.82, 2.24) is 0 Å². The van der Waals surface area contributed by atoms with Crippen molar-refractivity contribution in [2.45, 2.75) is 25.9 Å². The lowest BCUT2D eigenvalue weighted by atomic mass is 9.93. The van der Waals surface area contributed by atoms with E-state index in [-0.39, 0.29) is 0 Å². The first-order valence-electron chi connectivity index (χ1n) is 4.97. The van der Waals surface area contributed by atoms with Crippen molar-refractivity contribution in [2.75, 3.05) is 19.0 Å². The van der Waals surface area contributed by atoms with E-state index in [9.17, 15) is 5.11 Å². The van der Waals surface area contributed by atoms with Gasteiger partial charge in [0.25, 0.3) is 0 Å². The quantitative estimate of drug-likeness (QED) is 0.796. The Bertz CT molecular complexity index is 305. The van der Waals surface area contributed by atoms with Gasteiger partial charge in [-0.1, -0.05) is 19.1 Å². The fourth-order valence-corrected chi connectivity index (χ4v) is 1.32. The zero-order chi connectivity index (χ0) is 10.8. The maximum Gasteiger partial charge on any atom is 0.0866 e. The topological polar surface area (TPSA) is 23.5 Å². The molecule has 0 aliphatic rings. The molecule has 1 N–H and O–H groups in total. The summed E-state index contributed by atoms with van der Waals surface area (Å²) in [5.41, 5.74) is 1.38. The summed E-state index contributed by atoms with van der Waals surface area (Å²) in [6, 6.07) is 8.02. The van der Waals surface area contributed by atoms with Gasteiger partial charge in [-0.15, -0.1) is 0 Å². The SMILES string of the molecule is CCC(C)(O)c1cccc(N(C)C)c1. The second kappa shape index (κ2) is 4.01. The predicted octanol–water partition coefficient (Wildman–Crippen LogP) is 2.37. The zero-order valence-corrected chi connectivity index (χ0v) is 9.41. The van der Waals surface area contributed by atoms with E-state index >= 15 is 0 Å². The Morgan fingerprint density at radius 3 is 2.50 bits per heavy atom. The van der Waals surface area contributed by atoms with Crippen molar-refractivity contribution >= 4 is 5.69 Å². The highest BCUT2D eigenvalue weighted by molar-refractivity contribution is 5.48. The van der Waals surface area contributed by atoms with Crippen LogP contribution in [-0.2, 0) is 5.60 Å². The van der Waals surface area contributed by atoms with Crippen molar-refractivity contribution in [1.29, 1.82) is 0 Å². The normalized spacial score (nSPS) is 14.9. The summed E-state index contributed by atoms with van der Waals surface area (Å²) in [5, 5.41) is 10.1. The fraction of sp³-hybridized carbons (Fsp3) is 0.500. The van der Waals surface area contributed by atoms with E-state index in [0.29, 0.717) is 0 Å². The number of aliphatic hydroxyl groups is 1. The van der Waals surface area contributed by atoms with Gasteiger partial charge in [0.05, 0.1) is 5.60 Å². The second-order valence-corrected chi connectivity index (χ2v) is 4.07. The van der Waals surface area contributed by atoms with Crippen LogP contribution in [0, 0.1) is 0 Å². The molecule has 0 spiro atoms. The highest BCUT2D eigenvalue weighted by Gasteiger charge is 2.20. The van der Waals surface area contributed by atoms with Crippen molar-refractivity contribution in [3.8, 4) is 0 Å². The molecule has 1 aromatic carbocycles. The summed E-state index contributed by atoms with van der Waals surface area (Å²) >= 11 is 0. The molecule has 1 atom stereocenters. The van der Waals surface area contributed by atoms with Crippen molar-refractivity contribution in [2.24, 2.45) is 0 Å². The van der Waals surface area contributed by atoms with E-state index in [1.54, 1.807) is 0 Å². The molecule has 1 unspecified atom stereocenters. The fourth-order valence-electron chi connectivity index (χ4n) is 1.32. The molecule has 0 saturated heterocycles. The molecule has 2 heteroatoms. The summed E-state index contributed by atoms with van der Waals surface area (Å²) in [7, 11) is 4.00. The second-order valence-electron chi connectivity index (χ2n) is 4.07. The van der Waals surface area contributed by atoms with Gasteiger partial charge in [-0.05, 0) is 31.0 Å². The maximum atomic E-state index is 10.1. The molecule has 78 valence electrons. The molecule has 14 heavy (non-hydrogen) atoms. The van der Waals surface area contributed by atoms with Gasteiger partial charge in [0, 0.05) is 19.8 Å². The van der Waals surface area contributed by atoms with E-state index in [0.717, 1.165) is 17.7 Å². The Kier molecular flexibility index (Phi) is 3.17. The molecule has 0 fully saturated rings. The van der Waals surface area contributed by atoms with E-state index in [2.05, 4.69) is 0 Å². The van der Waals surface area contributed by atoms with Crippen LogP contribution in [-0.4, -0.2) is 19.2 Å². The van der Waals surface area contributed by atoms with Crippen LogP contribution < -0.4 is 4.90 Å². The minimum absolute atomic E-state index is 0.716. The summed E-state index contributed by atoms with van der Waals surface area (Å²) in [4.78, 5) is 2.04. The van der Waals surface area contributed by atoms with Crippen LogP contribution in [0.4, 0.5) is 5.69 Å². The smallest absolute Gasteiger partial charge is 0.0866 e. The highest BCUT2D eigenvalue weighted by atomic mass is 16.3. The Labute approximate surface area is 86.2 Å². The number of anilines is 1. The lowest BCUT2D eigenvalue weighted by molar-refractivity contribution is 0.0531. The number of hydrogen-bond donors (Lipinski definition) is 1. The molecular weight excluding hydrogens is 174 g/mol. The largest absolute Gasteiger partial charge is 0.385 e. The number of hydrogen-bond acceptors (Lipinski definition) is 2. The number of rotatable bonds is 3. The van der Waals surface area contributed by atoms with Crippen molar-refractivity contribution in [3.05, 3.63) is 29.8 Å². The molecule has 0 aromatic heterocycles. The van der Waals surface area contributed by atoms with Gasteiger partial charge in [0.2, 0.25) is 0 Å². The van der Waals surface area contributed by atoms with Gasteiger partial charge < -0.3 is 10.0 Å². The summed E-state index contributed by atoms with van der Waals surface area (Å²) in [5.74, 6) is 0. The average Bonchev–Trinajstić information content (AvgIpc) is 2.18. The van der Waals surface area contributed by atoms with Crippen molar-refractivity contribution < 1.29 is 5.11 Å². The lowest BCUT2D eigenvalue weighted by Gasteiger charge is -2.23. The van der Waals surface area contributed by atoms with Crippen molar-refractivity contribution in [3.63, 3.8) is 0 Å². The Morgan fingerprint density at radius 1 is 1.36 bits per heavy atom. The molecular formula is C12H19NO. The summed E-state index contributed by atoms with van der Waals surface area (Å²) in [6.07, 6.45) is 0.726. The lowest BCUT2D eigenvalue weighted by Crippen LogP contribution is -2.20. The Balaban J connectivity index is 3.05. The number of nitrogens with zero attached hydrogens (tertiary/aromatic N) is 1. The minimum atomic E-state index is -0.716. The van der Waals surface area contributed by atoms with Crippen LogP contribution in [0.5, 0.6) is 0 Å². The van der Waals surface area contributed by atoms with Crippen LogP contribution in [0.2, 0.25) is 0 Å². The van der Waals surface area contributed by atoms with Crippen LogP contribution >= 0.6 is 0 Å². The molecule has 0 bridgehead atoms. The maximum absolute atomic E-state index is 10.1. The third kappa shape index (κ3) is 2.26. The van der Waals surface area contributed by atoms with Gasteiger partial charge in [-0.25, -0.2) is 0 Å². The van der Waals surface area contributed by atoms with Crippen LogP contribution in [0.25, 0.3) is 0 Å². The molecule has 1 aromatic rings. The van der Waals surface area contributed by atoms with E-state index in [4.69, 9.17) is 0 Å². The van der Waals surface area contributed by atoms with Crippen LogP contribution in [0.1, 0.15) is 25.8 Å². The van der Waals surface area contributed by atoms with Crippen LogP contribution in [0.15, 0.2) is 24.3 Å². The van der Waals surface area contributed by atoms with E-state index in [1.807, 2.05) is 57.1 Å². The molecule has 0 saturated carbocycles.